The fourth-order valence-corrected chi connectivity index (χ4v) is 2.56. The molecule has 112 valence electrons. The van der Waals surface area contributed by atoms with Crippen LogP contribution in [0.2, 0.25) is 5.02 Å². The van der Waals surface area contributed by atoms with Crippen LogP contribution < -0.4 is 5.73 Å². The molecule has 1 aromatic heterocycles. The quantitative estimate of drug-likeness (QED) is 0.804. The first-order chi connectivity index (χ1) is 10.7. The number of aromatic nitrogens is 3. The number of nitrogens with zero attached hydrogens (tertiary/aromatic N) is 3. The topological polar surface area (TPSA) is 56.7 Å². The second-order valence-electron chi connectivity index (χ2n) is 4.82. The van der Waals surface area contributed by atoms with Crippen molar-refractivity contribution >= 4 is 11.6 Å². The Morgan fingerprint density at radius 2 is 1.82 bits per heavy atom. The van der Waals surface area contributed by atoms with Gasteiger partial charge in [-0.15, -0.1) is 5.10 Å². The first-order valence-electron chi connectivity index (χ1n) is 6.81. The van der Waals surface area contributed by atoms with Crippen molar-refractivity contribution in [2.24, 2.45) is 5.73 Å². The molecule has 1 heterocycles. The van der Waals surface area contributed by atoms with Crippen LogP contribution in [0.1, 0.15) is 11.3 Å². The van der Waals surface area contributed by atoms with Crippen molar-refractivity contribution in [2.75, 3.05) is 0 Å². The van der Waals surface area contributed by atoms with Crippen molar-refractivity contribution in [1.29, 1.82) is 0 Å². The van der Waals surface area contributed by atoms with Crippen LogP contribution in [-0.4, -0.2) is 15.0 Å². The second kappa shape index (κ2) is 6.25. The molecule has 0 spiro atoms. The number of rotatable bonds is 4. The van der Waals surface area contributed by atoms with Crippen LogP contribution in [-0.2, 0) is 13.1 Å². The maximum atomic E-state index is 13.9. The van der Waals surface area contributed by atoms with Crippen molar-refractivity contribution in [1.82, 2.24) is 15.0 Å². The molecule has 6 heteroatoms. The molecule has 4 nitrogen and oxygen atoms in total. The first-order valence-corrected chi connectivity index (χ1v) is 7.19. The van der Waals surface area contributed by atoms with Gasteiger partial charge in [0.05, 0.1) is 17.3 Å². The summed E-state index contributed by atoms with van der Waals surface area (Å²) in [6.45, 7) is 0.498. The van der Waals surface area contributed by atoms with Gasteiger partial charge in [-0.05, 0) is 12.1 Å². The van der Waals surface area contributed by atoms with Gasteiger partial charge in [0.2, 0.25) is 0 Å². The molecule has 0 atom stereocenters. The SMILES string of the molecule is NCc1nnn(Cc2ccccc2F)c1-c1ccccc1Cl. The van der Waals surface area contributed by atoms with Gasteiger partial charge in [-0.25, -0.2) is 9.07 Å². The minimum Gasteiger partial charge on any atom is -0.325 e. The molecule has 0 saturated carbocycles. The monoisotopic (exact) mass is 316 g/mol. The van der Waals surface area contributed by atoms with Crippen LogP contribution in [0.3, 0.4) is 0 Å². The Bertz CT molecular complexity index is 800. The Morgan fingerprint density at radius 1 is 1.09 bits per heavy atom. The van der Waals surface area contributed by atoms with E-state index in [0.717, 1.165) is 11.3 Å². The summed E-state index contributed by atoms with van der Waals surface area (Å²) >= 11 is 6.27. The minimum absolute atomic E-state index is 0.234. The van der Waals surface area contributed by atoms with Crippen LogP contribution in [0.15, 0.2) is 48.5 Å². The van der Waals surface area contributed by atoms with E-state index >= 15 is 0 Å². The van der Waals surface area contributed by atoms with Crippen molar-refractivity contribution in [3.8, 4) is 11.3 Å². The third kappa shape index (κ3) is 2.73. The predicted octanol–water partition coefficient (Wildman–Crippen LogP) is 3.24. The van der Waals surface area contributed by atoms with Crippen LogP contribution in [0.5, 0.6) is 0 Å². The van der Waals surface area contributed by atoms with Crippen LogP contribution >= 0.6 is 11.6 Å². The minimum atomic E-state index is -0.280. The fourth-order valence-electron chi connectivity index (χ4n) is 2.33. The van der Waals surface area contributed by atoms with E-state index in [1.807, 2.05) is 18.2 Å². The molecule has 0 amide bonds. The predicted molar refractivity (Wildman–Crippen MR) is 83.9 cm³/mol. The van der Waals surface area contributed by atoms with Gasteiger partial charge in [-0.3, -0.25) is 0 Å². The maximum Gasteiger partial charge on any atom is 0.128 e. The summed E-state index contributed by atoms with van der Waals surface area (Å²) in [4.78, 5) is 0. The normalized spacial score (nSPS) is 10.9. The molecule has 22 heavy (non-hydrogen) atoms. The van der Waals surface area contributed by atoms with Crippen molar-refractivity contribution in [3.63, 3.8) is 0 Å². The molecule has 2 N–H and O–H groups in total. The summed E-state index contributed by atoms with van der Waals surface area (Å²) in [5, 5.41) is 8.77. The van der Waals surface area contributed by atoms with E-state index in [1.165, 1.54) is 6.07 Å². The molecule has 0 fully saturated rings. The molecule has 0 unspecified atom stereocenters. The summed E-state index contributed by atoms with van der Waals surface area (Å²) in [7, 11) is 0. The van der Waals surface area contributed by atoms with Crippen molar-refractivity contribution in [2.45, 2.75) is 13.1 Å². The van der Waals surface area contributed by atoms with Gasteiger partial charge in [0.1, 0.15) is 11.5 Å². The Morgan fingerprint density at radius 3 is 2.55 bits per heavy atom. The van der Waals surface area contributed by atoms with Crippen LogP contribution in [0, 0.1) is 5.82 Å². The lowest BCUT2D eigenvalue weighted by Gasteiger charge is -2.10. The maximum absolute atomic E-state index is 13.9. The zero-order valence-electron chi connectivity index (χ0n) is 11.7. The number of halogens is 2. The Labute approximate surface area is 132 Å². The van der Waals surface area contributed by atoms with Crippen LogP contribution in [0.4, 0.5) is 4.39 Å². The highest BCUT2D eigenvalue weighted by Crippen LogP contribution is 2.29. The number of hydrogen-bond donors (Lipinski definition) is 1. The van der Waals surface area contributed by atoms with E-state index < -0.39 is 0 Å². The molecule has 0 aliphatic rings. The highest BCUT2D eigenvalue weighted by Gasteiger charge is 2.17. The highest BCUT2D eigenvalue weighted by atomic mass is 35.5. The largest absolute Gasteiger partial charge is 0.325 e. The molecular formula is C16H14ClFN4. The Kier molecular flexibility index (Phi) is 4.18. The lowest BCUT2D eigenvalue weighted by Crippen LogP contribution is -2.07. The van der Waals surface area contributed by atoms with Crippen molar-refractivity contribution < 1.29 is 4.39 Å². The Balaban J connectivity index is 2.09. The zero-order valence-corrected chi connectivity index (χ0v) is 12.5. The fraction of sp³-hybridized carbons (Fsp3) is 0.125. The zero-order chi connectivity index (χ0) is 15.5. The van der Waals surface area contributed by atoms with E-state index in [1.54, 1.807) is 28.9 Å². The summed E-state index contributed by atoms with van der Waals surface area (Å²) in [5.41, 5.74) is 8.40. The van der Waals surface area contributed by atoms with Gasteiger partial charge >= 0.3 is 0 Å². The number of benzene rings is 2. The van der Waals surface area contributed by atoms with E-state index in [9.17, 15) is 4.39 Å². The summed E-state index contributed by atoms with van der Waals surface area (Å²) < 4.78 is 15.5. The van der Waals surface area contributed by atoms with E-state index in [2.05, 4.69) is 10.3 Å². The summed E-state index contributed by atoms with van der Waals surface area (Å²) in [5.74, 6) is -0.280. The van der Waals surface area contributed by atoms with E-state index in [0.29, 0.717) is 16.3 Å². The molecule has 0 aliphatic heterocycles. The van der Waals surface area contributed by atoms with Gasteiger partial charge in [0.25, 0.3) is 0 Å². The van der Waals surface area contributed by atoms with Gasteiger partial charge in [-0.2, -0.15) is 0 Å². The second-order valence-corrected chi connectivity index (χ2v) is 5.22. The summed E-state index contributed by atoms with van der Waals surface area (Å²) in [6.07, 6.45) is 0. The van der Waals surface area contributed by atoms with E-state index in [-0.39, 0.29) is 18.9 Å². The third-order valence-electron chi connectivity index (χ3n) is 3.41. The smallest absolute Gasteiger partial charge is 0.128 e. The summed E-state index contributed by atoms with van der Waals surface area (Å²) in [6, 6.07) is 14.0. The van der Waals surface area contributed by atoms with Gasteiger partial charge in [0, 0.05) is 17.7 Å². The Hall–Kier alpha value is -2.24. The third-order valence-corrected chi connectivity index (χ3v) is 3.73. The molecule has 3 aromatic rings. The molecule has 0 radical (unpaired) electrons. The van der Waals surface area contributed by atoms with Gasteiger partial charge < -0.3 is 5.73 Å². The number of nitrogens with two attached hydrogens (primary N) is 1. The average molecular weight is 317 g/mol. The molecule has 3 rings (SSSR count). The van der Waals surface area contributed by atoms with Gasteiger partial charge in [0.15, 0.2) is 0 Å². The lowest BCUT2D eigenvalue weighted by atomic mass is 10.1. The molecule has 0 saturated heterocycles. The number of hydrogen-bond acceptors (Lipinski definition) is 3. The molecule has 0 aliphatic carbocycles. The molecule has 0 bridgehead atoms. The lowest BCUT2D eigenvalue weighted by molar-refractivity contribution is 0.579. The van der Waals surface area contributed by atoms with Crippen molar-refractivity contribution in [3.05, 3.63) is 70.6 Å². The van der Waals surface area contributed by atoms with E-state index in [4.69, 9.17) is 17.3 Å². The first kappa shape index (κ1) is 14.7. The van der Waals surface area contributed by atoms with Crippen LogP contribution in [0.25, 0.3) is 11.3 Å². The standard InChI is InChI=1S/C16H14ClFN4/c17-13-7-3-2-6-12(13)16-15(9-19)20-21-22(16)10-11-5-1-4-8-14(11)18/h1-8H,9-10,19H2. The molecule has 2 aromatic carbocycles. The highest BCUT2D eigenvalue weighted by molar-refractivity contribution is 6.33. The van der Waals surface area contributed by atoms with Gasteiger partial charge in [-0.1, -0.05) is 53.2 Å². The molecular weight excluding hydrogens is 303 g/mol. The average Bonchev–Trinajstić information content (AvgIpc) is 2.93.